The summed E-state index contributed by atoms with van der Waals surface area (Å²) >= 11 is 0. The number of ether oxygens (including phenoxy) is 2. The van der Waals surface area contributed by atoms with E-state index in [0.717, 1.165) is 5.56 Å². The van der Waals surface area contributed by atoms with E-state index in [0.29, 0.717) is 31.1 Å². The molecule has 1 N–H and O–H groups in total. The third-order valence-electron chi connectivity index (χ3n) is 3.06. The lowest BCUT2D eigenvalue weighted by atomic mass is 10.1. The van der Waals surface area contributed by atoms with E-state index < -0.39 is 0 Å². The molecule has 0 aliphatic rings. The van der Waals surface area contributed by atoms with E-state index in [1.807, 2.05) is 12.1 Å². The van der Waals surface area contributed by atoms with Crippen LogP contribution in [0.1, 0.15) is 19.4 Å². The Hall–Kier alpha value is -2.24. The lowest BCUT2D eigenvalue weighted by Crippen LogP contribution is -2.36. The molecule has 0 atom stereocenters. The summed E-state index contributed by atoms with van der Waals surface area (Å²) in [7, 11) is 3.16. The number of nitrogens with zero attached hydrogens (tertiary/aromatic N) is 1. The highest BCUT2D eigenvalue weighted by Gasteiger charge is 2.13. The van der Waals surface area contributed by atoms with Gasteiger partial charge in [-0.25, -0.2) is 0 Å². The van der Waals surface area contributed by atoms with Crippen molar-refractivity contribution >= 4 is 11.8 Å². The second-order valence-electron chi connectivity index (χ2n) is 4.60. The molecule has 0 bridgehead atoms. The number of carbonyl (C=O) groups is 2. The van der Waals surface area contributed by atoms with Crippen LogP contribution in [0, 0.1) is 0 Å². The molecule has 0 heterocycles. The number of carbonyl (C=O) groups excluding carboxylic acids is 2. The van der Waals surface area contributed by atoms with Crippen molar-refractivity contribution in [1.29, 1.82) is 0 Å². The number of hydrogen-bond acceptors (Lipinski definition) is 4. The van der Waals surface area contributed by atoms with Crippen molar-refractivity contribution < 1.29 is 19.1 Å². The van der Waals surface area contributed by atoms with Crippen LogP contribution in [0.2, 0.25) is 0 Å². The van der Waals surface area contributed by atoms with Crippen molar-refractivity contribution in [1.82, 2.24) is 10.2 Å². The highest BCUT2D eigenvalue weighted by Crippen LogP contribution is 2.25. The normalized spacial score (nSPS) is 9.90. The van der Waals surface area contributed by atoms with Gasteiger partial charge in [0.05, 0.1) is 14.2 Å². The molecule has 0 fully saturated rings. The molecule has 0 radical (unpaired) electrons. The lowest BCUT2D eigenvalue weighted by Gasteiger charge is -2.22. The van der Waals surface area contributed by atoms with Crippen molar-refractivity contribution in [3.05, 3.63) is 23.8 Å². The number of amides is 2. The van der Waals surface area contributed by atoms with Crippen molar-refractivity contribution in [2.45, 2.75) is 20.4 Å². The summed E-state index contributed by atoms with van der Waals surface area (Å²) < 4.78 is 10.5. The molecular weight excluding hydrogens is 272 g/mol. The summed E-state index contributed by atoms with van der Waals surface area (Å²) in [5, 5.41) is 2.68. The Balaban J connectivity index is 2.78. The van der Waals surface area contributed by atoms with E-state index >= 15 is 0 Å². The predicted molar refractivity (Wildman–Crippen MR) is 79.3 cm³/mol. The predicted octanol–water partition coefficient (Wildman–Crippen LogP) is 1.19. The molecule has 0 aliphatic heterocycles. The summed E-state index contributed by atoms with van der Waals surface area (Å²) in [4.78, 5) is 24.2. The van der Waals surface area contributed by atoms with Crippen molar-refractivity contribution in [2.24, 2.45) is 0 Å². The SMILES string of the molecule is COc1ccc(CN(CCNC(C)=O)C(C)=O)c(OC)c1. The molecule has 0 saturated heterocycles. The van der Waals surface area contributed by atoms with E-state index in [4.69, 9.17) is 9.47 Å². The summed E-state index contributed by atoms with van der Waals surface area (Å²) in [6.45, 7) is 4.24. The maximum Gasteiger partial charge on any atom is 0.219 e. The minimum Gasteiger partial charge on any atom is -0.497 e. The molecule has 0 spiro atoms. The molecule has 1 aromatic rings. The Kier molecular flexibility index (Phi) is 6.52. The summed E-state index contributed by atoms with van der Waals surface area (Å²) in [6, 6.07) is 5.47. The van der Waals surface area contributed by atoms with Gasteiger partial charge in [0.25, 0.3) is 0 Å². The van der Waals surface area contributed by atoms with E-state index in [1.54, 1.807) is 25.2 Å². The maximum absolute atomic E-state index is 11.7. The van der Waals surface area contributed by atoms with Crippen LogP contribution in [0.3, 0.4) is 0 Å². The number of hydrogen-bond donors (Lipinski definition) is 1. The summed E-state index contributed by atoms with van der Waals surface area (Å²) in [5.41, 5.74) is 0.885. The van der Waals surface area contributed by atoms with E-state index in [9.17, 15) is 9.59 Å². The Bertz CT molecular complexity index is 502. The van der Waals surface area contributed by atoms with Crippen LogP contribution in [0.5, 0.6) is 11.5 Å². The van der Waals surface area contributed by atoms with Crippen molar-refractivity contribution in [3.8, 4) is 11.5 Å². The van der Waals surface area contributed by atoms with E-state index in [-0.39, 0.29) is 11.8 Å². The third-order valence-corrected chi connectivity index (χ3v) is 3.06. The number of rotatable bonds is 7. The number of methoxy groups -OCH3 is 2. The fourth-order valence-corrected chi connectivity index (χ4v) is 1.90. The Morgan fingerprint density at radius 2 is 1.90 bits per heavy atom. The fraction of sp³-hybridized carbons (Fsp3) is 0.467. The monoisotopic (exact) mass is 294 g/mol. The molecule has 21 heavy (non-hydrogen) atoms. The van der Waals surface area contributed by atoms with Gasteiger partial charge in [-0.05, 0) is 12.1 Å². The minimum atomic E-state index is -0.111. The van der Waals surface area contributed by atoms with Gasteiger partial charge in [0.15, 0.2) is 0 Å². The zero-order chi connectivity index (χ0) is 15.8. The van der Waals surface area contributed by atoms with Crippen LogP contribution < -0.4 is 14.8 Å². The molecule has 1 rings (SSSR count). The van der Waals surface area contributed by atoms with E-state index in [2.05, 4.69) is 5.32 Å². The van der Waals surface area contributed by atoms with Gasteiger partial charge >= 0.3 is 0 Å². The number of benzene rings is 1. The molecule has 0 saturated carbocycles. The molecule has 6 nitrogen and oxygen atoms in total. The van der Waals surface area contributed by atoms with Gasteiger partial charge in [0, 0.05) is 45.1 Å². The standard InChI is InChI=1S/C15H22N2O4/c1-11(18)16-7-8-17(12(2)19)10-13-5-6-14(20-3)9-15(13)21-4/h5-6,9H,7-8,10H2,1-4H3,(H,16,18). The Morgan fingerprint density at radius 3 is 2.43 bits per heavy atom. The number of nitrogens with one attached hydrogen (secondary N) is 1. The van der Waals surface area contributed by atoms with Crippen LogP contribution in [-0.2, 0) is 16.1 Å². The van der Waals surface area contributed by atoms with Gasteiger partial charge in [-0.1, -0.05) is 0 Å². The summed E-state index contributed by atoms with van der Waals surface area (Å²) in [6.07, 6.45) is 0. The molecule has 0 unspecified atom stereocenters. The van der Waals surface area contributed by atoms with Crippen LogP contribution >= 0.6 is 0 Å². The van der Waals surface area contributed by atoms with Gasteiger partial charge in [-0.2, -0.15) is 0 Å². The Morgan fingerprint density at radius 1 is 1.19 bits per heavy atom. The lowest BCUT2D eigenvalue weighted by molar-refractivity contribution is -0.130. The largest absolute Gasteiger partial charge is 0.497 e. The van der Waals surface area contributed by atoms with Crippen molar-refractivity contribution in [3.63, 3.8) is 0 Å². The quantitative estimate of drug-likeness (QED) is 0.820. The van der Waals surface area contributed by atoms with E-state index in [1.165, 1.54) is 13.8 Å². The zero-order valence-corrected chi connectivity index (χ0v) is 12.9. The molecule has 6 heteroatoms. The average molecular weight is 294 g/mol. The second kappa shape index (κ2) is 8.14. The maximum atomic E-state index is 11.7. The Labute approximate surface area is 125 Å². The highest BCUT2D eigenvalue weighted by molar-refractivity contribution is 5.74. The van der Waals surface area contributed by atoms with Crippen LogP contribution in [0.25, 0.3) is 0 Å². The smallest absolute Gasteiger partial charge is 0.219 e. The molecule has 0 aliphatic carbocycles. The first kappa shape index (κ1) is 16.8. The van der Waals surface area contributed by atoms with Gasteiger partial charge in [0.2, 0.25) is 11.8 Å². The highest BCUT2D eigenvalue weighted by atomic mass is 16.5. The first-order valence-electron chi connectivity index (χ1n) is 6.68. The van der Waals surface area contributed by atoms with Gasteiger partial charge < -0.3 is 19.7 Å². The van der Waals surface area contributed by atoms with Crippen LogP contribution in [-0.4, -0.2) is 44.0 Å². The third kappa shape index (κ3) is 5.33. The molecular formula is C15H22N2O4. The van der Waals surface area contributed by atoms with Crippen LogP contribution in [0.4, 0.5) is 0 Å². The first-order valence-corrected chi connectivity index (χ1v) is 6.68. The van der Waals surface area contributed by atoms with Gasteiger partial charge in [-0.3, -0.25) is 9.59 Å². The minimum absolute atomic E-state index is 0.0572. The average Bonchev–Trinajstić information content (AvgIpc) is 2.45. The molecule has 2 amide bonds. The molecule has 0 aromatic heterocycles. The fourth-order valence-electron chi connectivity index (χ4n) is 1.90. The topological polar surface area (TPSA) is 67.9 Å². The van der Waals surface area contributed by atoms with Crippen LogP contribution in [0.15, 0.2) is 18.2 Å². The van der Waals surface area contributed by atoms with Gasteiger partial charge in [0.1, 0.15) is 11.5 Å². The molecule has 1 aromatic carbocycles. The van der Waals surface area contributed by atoms with Crippen molar-refractivity contribution in [2.75, 3.05) is 27.3 Å². The van der Waals surface area contributed by atoms with Gasteiger partial charge in [-0.15, -0.1) is 0 Å². The first-order chi connectivity index (χ1) is 9.97. The zero-order valence-electron chi connectivity index (χ0n) is 12.9. The summed E-state index contributed by atoms with van der Waals surface area (Å²) in [5.74, 6) is 1.20. The second-order valence-corrected chi connectivity index (χ2v) is 4.60. The molecule has 116 valence electrons.